The second-order valence-corrected chi connectivity index (χ2v) is 6.59. The third-order valence-corrected chi connectivity index (χ3v) is 4.71. The van der Waals surface area contributed by atoms with Gasteiger partial charge in [-0.15, -0.1) is 0 Å². The molecule has 0 spiro atoms. The van der Waals surface area contributed by atoms with Crippen molar-refractivity contribution in [3.05, 3.63) is 78.1 Å². The highest BCUT2D eigenvalue weighted by molar-refractivity contribution is 5.74. The monoisotopic (exact) mass is 392 g/mol. The number of carboxylic acids is 1. The van der Waals surface area contributed by atoms with Gasteiger partial charge in [0.1, 0.15) is 17.5 Å². The van der Waals surface area contributed by atoms with Crippen LogP contribution >= 0.6 is 0 Å². The Balaban J connectivity index is 1.77. The SMILES string of the molecule is COc1cccc(CC(NCc2cc(-c3ccncc3)ccc2OC)C(=O)O)c1. The number of carboxylic acid groups (broad SMARTS) is 1. The molecule has 2 N–H and O–H groups in total. The van der Waals surface area contributed by atoms with Gasteiger partial charge in [-0.05, 0) is 59.5 Å². The second kappa shape index (κ2) is 9.71. The number of benzene rings is 2. The Morgan fingerprint density at radius 2 is 1.83 bits per heavy atom. The van der Waals surface area contributed by atoms with Crippen LogP contribution in [0.3, 0.4) is 0 Å². The van der Waals surface area contributed by atoms with Crippen molar-refractivity contribution in [1.82, 2.24) is 10.3 Å². The maximum Gasteiger partial charge on any atom is 0.321 e. The van der Waals surface area contributed by atoms with Crippen LogP contribution in [-0.4, -0.2) is 36.3 Å². The predicted molar refractivity (Wildman–Crippen MR) is 111 cm³/mol. The average Bonchev–Trinajstić information content (AvgIpc) is 2.77. The molecule has 0 radical (unpaired) electrons. The van der Waals surface area contributed by atoms with Crippen LogP contribution in [0.1, 0.15) is 11.1 Å². The minimum absolute atomic E-state index is 0.346. The lowest BCUT2D eigenvalue weighted by Crippen LogP contribution is -2.38. The number of methoxy groups -OCH3 is 2. The zero-order valence-electron chi connectivity index (χ0n) is 16.5. The number of nitrogens with one attached hydrogen (secondary N) is 1. The molecule has 0 saturated heterocycles. The summed E-state index contributed by atoms with van der Waals surface area (Å²) in [6, 6.07) is 16.4. The zero-order chi connectivity index (χ0) is 20.6. The van der Waals surface area contributed by atoms with Gasteiger partial charge in [0.2, 0.25) is 0 Å². The molecule has 6 nitrogen and oxygen atoms in total. The quantitative estimate of drug-likeness (QED) is 0.580. The first-order valence-corrected chi connectivity index (χ1v) is 9.27. The van der Waals surface area contributed by atoms with Crippen molar-refractivity contribution < 1.29 is 19.4 Å². The number of nitrogens with zero attached hydrogens (tertiary/aromatic N) is 1. The van der Waals surface area contributed by atoms with Crippen LogP contribution in [0.25, 0.3) is 11.1 Å². The maximum atomic E-state index is 11.8. The van der Waals surface area contributed by atoms with E-state index in [9.17, 15) is 9.90 Å². The highest BCUT2D eigenvalue weighted by Crippen LogP contribution is 2.26. The van der Waals surface area contributed by atoms with Crippen molar-refractivity contribution in [3.63, 3.8) is 0 Å². The van der Waals surface area contributed by atoms with Crippen LogP contribution in [0.4, 0.5) is 0 Å². The molecule has 0 saturated carbocycles. The number of aromatic nitrogens is 1. The van der Waals surface area contributed by atoms with Crippen molar-refractivity contribution in [2.75, 3.05) is 14.2 Å². The first kappa shape index (κ1) is 20.4. The summed E-state index contributed by atoms with van der Waals surface area (Å²) in [6.45, 7) is 0.364. The third-order valence-electron chi connectivity index (χ3n) is 4.71. The van der Waals surface area contributed by atoms with E-state index in [-0.39, 0.29) is 0 Å². The van der Waals surface area contributed by atoms with Crippen LogP contribution in [0.15, 0.2) is 67.0 Å². The Morgan fingerprint density at radius 1 is 1.03 bits per heavy atom. The zero-order valence-corrected chi connectivity index (χ0v) is 16.5. The fourth-order valence-electron chi connectivity index (χ4n) is 3.16. The van der Waals surface area contributed by atoms with Gasteiger partial charge < -0.3 is 14.6 Å². The summed E-state index contributed by atoms with van der Waals surface area (Å²) in [5.41, 5.74) is 3.83. The summed E-state index contributed by atoms with van der Waals surface area (Å²) in [5.74, 6) is 0.510. The second-order valence-electron chi connectivity index (χ2n) is 6.59. The minimum atomic E-state index is -0.905. The molecular formula is C23H24N2O4. The number of hydrogen-bond acceptors (Lipinski definition) is 5. The van der Waals surface area contributed by atoms with Gasteiger partial charge in [-0.3, -0.25) is 15.1 Å². The molecular weight excluding hydrogens is 368 g/mol. The first-order chi connectivity index (χ1) is 14.1. The van der Waals surface area contributed by atoms with Crippen molar-refractivity contribution in [1.29, 1.82) is 0 Å². The topological polar surface area (TPSA) is 80.7 Å². The molecule has 29 heavy (non-hydrogen) atoms. The van der Waals surface area contributed by atoms with Crippen LogP contribution in [0.2, 0.25) is 0 Å². The van der Waals surface area contributed by atoms with Crippen molar-refractivity contribution in [2.24, 2.45) is 0 Å². The Bertz CT molecular complexity index is 960. The lowest BCUT2D eigenvalue weighted by atomic mass is 10.0. The third kappa shape index (κ3) is 5.33. The van der Waals surface area contributed by atoms with Gasteiger partial charge in [-0.2, -0.15) is 0 Å². The largest absolute Gasteiger partial charge is 0.497 e. The highest BCUT2D eigenvalue weighted by Gasteiger charge is 2.18. The van der Waals surface area contributed by atoms with E-state index in [0.29, 0.717) is 24.5 Å². The molecule has 0 bridgehead atoms. The lowest BCUT2D eigenvalue weighted by molar-refractivity contribution is -0.139. The van der Waals surface area contributed by atoms with E-state index in [4.69, 9.17) is 9.47 Å². The highest BCUT2D eigenvalue weighted by atomic mass is 16.5. The molecule has 6 heteroatoms. The molecule has 3 rings (SSSR count). The van der Waals surface area contributed by atoms with Crippen LogP contribution < -0.4 is 14.8 Å². The van der Waals surface area contributed by atoms with Crippen LogP contribution in [0.5, 0.6) is 11.5 Å². The number of ether oxygens (including phenoxy) is 2. The lowest BCUT2D eigenvalue weighted by Gasteiger charge is -2.17. The van der Waals surface area contributed by atoms with E-state index in [1.54, 1.807) is 26.6 Å². The molecule has 1 unspecified atom stereocenters. The van der Waals surface area contributed by atoms with Crippen molar-refractivity contribution in [3.8, 4) is 22.6 Å². The molecule has 0 fully saturated rings. The van der Waals surface area contributed by atoms with Gasteiger partial charge in [-0.25, -0.2) is 0 Å². The van der Waals surface area contributed by atoms with Gasteiger partial charge in [0.25, 0.3) is 0 Å². The summed E-state index contributed by atoms with van der Waals surface area (Å²) in [4.78, 5) is 15.8. The normalized spacial score (nSPS) is 11.7. The Kier molecular flexibility index (Phi) is 6.81. The van der Waals surface area contributed by atoms with Gasteiger partial charge in [0, 0.05) is 24.5 Å². The number of hydrogen-bond donors (Lipinski definition) is 2. The fraction of sp³-hybridized carbons (Fsp3) is 0.217. The van der Waals surface area contributed by atoms with E-state index in [1.165, 1.54) is 0 Å². The van der Waals surface area contributed by atoms with E-state index in [0.717, 1.165) is 22.3 Å². The average molecular weight is 392 g/mol. The number of rotatable bonds is 9. The summed E-state index contributed by atoms with van der Waals surface area (Å²) >= 11 is 0. The van der Waals surface area contributed by atoms with Gasteiger partial charge >= 0.3 is 5.97 Å². The Morgan fingerprint density at radius 3 is 2.52 bits per heavy atom. The number of carbonyl (C=O) groups is 1. The Labute approximate surface area is 170 Å². The minimum Gasteiger partial charge on any atom is -0.497 e. The summed E-state index contributed by atoms with van der Waals surface area (Å²) < 4.78 is 10.7. The molecule has 2 aromatic carbocycles. The van der Waals surface area contributed by atoms with E-state index >= 15 is 0 Å². The van der Waals surface area contributed by atoms with Crippen LogP contribution in [0, 0.1) is 0 Å². The van der Waals surface area contributed by atoms with Crippen molar-refractivity contribution in [2.45, 2.75) is 19.0 Å². The van der Waals surface area contributed by atoms with Crippen molar-refractivity contribution >= 4 is 5.97 Å². The number of pyridine rings is 1. The molecule has 0 aliphatic rings. The Hall–Kier alpha value is -3.38. The molecule has 0 amide bonds. The van der Waals surface area contributed by atoms with E-state index < -0.39 is 12.0 Å². The molecule has 0 aliphatic heterocycles. The molecule has 1 heterocycles. The van der Waals surface area contributed by atoms with Gasteiger partial charge in [0.15, 0.2) is 0 Å². The smallest absolute Gasteiger partial charge is 0.321 e. The van der Waals surface area contributed by atoms with E-state index in [1.807, 2.05) is 54.6 Å². The predicted octanol–water partition coefficient (Wildman–Crippen LogP) is 3.55. The molecule has 1 aromatic heterocycles. The standard InChI is InChI=1S/C23H24N2O4/c1-28-20-5-3-4-16(12-20)13-21(23(26)27)25-15-19-14-18(6-7-22(19)29-2)17-8-10-24-11-9-17/h3-12,14,21,25H,13,15H2,1-2H3,(H,26,27). The summed E-state index contributed by atoms with van der Waals surface area (Å²) in [6.07, 6.45) is 3.83. The molecule has 150 valence electrons. The summed E-state index contributed by atoms with van der Waals surface area (Å²) in [7, 11) is 3.20. The molecule has 3 aromatic rings. The maximum absolute atomic E-state index is 11.8. The number of aliphatic carboxylic acids is 1. The van der Waals surface area contributed by atoms with E-state index in [2.05, 4.69) is 10.3 Å². The summed E-state index contributed by atoms with van der Waals surface area (Å²) in [5, 5.41) is 12.8. The van der Waals surface area contributed by atoms with Gasteiger partial charge in [-0.1, -0.05) is 18.2 Å². The van der Waals surface area contributed by atoms with Crippen LogP contribution in [-0.2, 0) is 17.8 Å². The first-order valence-electron chi connectivity index (χ1n) is 9.27. The van der Waals surface area contributed by atoms with Gasteiger partial charge in [0.05, 0.1) is 14.2 Å². The molecule has 1 atom stereocenters. The molecule has 0 aliphatic carbocycles. The fourth-order valence-corrected chi connectivity index (χ4v) is 3.16.